The van der Waals surface area contributed by atoms with E-state index in [2.05, 4.69) is 25.2 Å². The van der Waals surface area contributed by atoms with Gasteiger partial charge in [-0.15, -0.1) is 0 Å². The Hall–Kier alpha value is -2.98. The summed E-state index contributed by atoms with van der Waals surface area (Å²) in [6.07, 6.45) is 0. The van der Waals surface area contributed by atoms with Crippen LogP contribution in [-0.2, 0) is 13.2 Å². The van der Waals surface area contributed by atoms with Crippen LogP contribution in [0.2, 0.25) is 5.02 Å². The first-order chi connectivity index (χ1) is 14.5. The number of rotatable bonds is 8. The molecule has 0 aliphatic heterocycles. The number of para-hydroxylation sites is 1. The summed E-state index contributed by atoms with van der Waals surface area (Å²) in [6, 6.07) is 20.8. The van der Waals surface area contributed by atoms with Crippen molar-refractivity contribution < 1.29 is 14.3 Å². The molecule has 0 saturated carbocycles. The zero-order chi connectivity index (χ0) is 21.5. The second-order valence-corrected chi connectivity index (χ2v) is 7.75. The topological polar surface area (TPSA) is 47.6 Å². The van der Waals surface area contributed by atoms with Crippen molar-refractivity contribution in [2.75, 3.05) is 7.11 Å². The number of carbonyl (C=O) groups is 1. The number of benzene rings is 3. The van der Waals surface area contributed by atoms with Gasteiger partial charge in [0, 0.05) is 22.7 Å². The van der Waals surface area contributed by atoms with Crippen molar-refractivity contribution in [2.24, 2.45) is 0 Å². The Morgan fingerprint density at radius 3 is 2.43 bits per heavy atom. The van der Waals surface area contributed by atoms with Crippen LogP contribution in [0.1, 0.15) is 46.8 Å². The summed E-state index contributed by atoms with van der Waals surface area (Å²) >= 11 is 5.91. The van der Waals surface area contributed by atoms with Gasteiger partial charge in [0.25, 0.3) is 5.91 Å². The SMILES string of the molecule is COc1ccc(C(=O)NCc2ccc(Cl)cc2)cc1COc1ccccc1C(C)C. The first kappa shape index (κ1) is 21.7. The molecule has 30 heavy (non-hydrogen) atoms. The molecule has 3 rings (SSSR count). The van der Waals surface area contributed by atoms with Crippen LogP contribution in [0.15, 0.2) is 66.7 Å². The highest BCUT2D eigenvalue weighted by Crippen LogP contribution is 2.28. The third kappa shape index (κ3) is 5.55. The summed E-state index contributed by atoms with van der Waals surface area (Å²) in [4.78, 5) is 12.6. The molecule has 0 heterocycles. The third-order valence-electron chi connectivity index (χ3n) is 4.83. The lowest BCUT2D eigenvalue weighted by Gasteiger charge is -2.16. The molecule has 0 atom stereocenters. The van der Waals surface area contributed by atoms with Gasteiger partial charge in [-0.05, 0) is 53.4 Å². The fourth-order valence-corrected chi connectivity index (χ4v) is 3.29. The monoisotopic (exact) mass is 423 g/mol. The van der Waals surface area contributed by atoms with Gasteiger partial charge in [0.15, 0.2) is 0 Å². The third-order valence-corrected chi connectivity index (χ3v) is 5.09. The number of carbonyl (C=O) groups excluding carboxylic acids is 1. The second-order valence-electron chi connectivity index (χ2n) is 7.32. The molecule has 0 fully saturated rings. The molecule has 0 bridgehead atoms. The summed E-state index contributed by atoms with van der Waals surface area (Å²) in [5.74, 6) is 1.72. The molecule has 1 amide bonds. The minimum Gasteiger partial charge on any atom is -0.496 e. The predicted octanol–water partition coefficient (Wildman–Crippen LogP) is 5.98. The molecule has 0 radical (unpaired) electrons. The lowest BCUT2D eigenvalue weighted by molar-refractivity contribution is 0.0950. The van der Waals surface area contributed by atoms with E-state index in [4.69, 9.17) is 21.1 Å². The minimum atomic E-state index is -0.156. The smallest absolute Gasteiger partial charge is 0.251 e. The Kier molecular flexibility index (Phi) is 7.36. The van der Waals surface area contributed by atoms with E-state index in [1.807, 2.05) is 36.4 Å². The highest BCUT2D eigenvalue weighted by Gasteiger charge is 2.13. The van der Waals surface area contributed by atoms with E-state index in [0.717, 1.165) is 22.4 Å². The minimum absolute atomic E-state index is 0.156. The van der Waals surface area contributed by atoms with Gasteiger partial charge in [-0.25, -0.2) is 0 Å². The number of hydrogen-bond donors (Lipinski definition) is 1. The Labute approximate surface area is 182 Å². The van der Waals surface area contributed by atoms with Crippen LogP contribution in [0, 0.1) is 0 Å². The average molecular weight is 424 g/mol. The van der Waals surface area contributed by atoms with E-state index in [1.165, 1.54) is 0 Å². The predicted molar refractivity (Wildman–Crippen MR) is 120 cm³/mol. The van der Waals surface area contributed by atoms with Crippen LogP contribution in [-0.4, -0.2) is 13.0 Å². The van der Waals surface area contributed by atoms with Gasteiger partial charge in [-0.3, -0.25) is 4.79 Å². The van der Waals surface area contributed by atoms with Crippen molar-refractivity contribution in [1.29, 1.82) is 0 Å². The molecule has 4 nitrogen and oxygen atoms in total. The maximum absolute atomic E-state index is 12.6. The molecule has 0 saturated heterocycles. The van der Waals surface area contributed by atoms with E-state index in [0.29, 0.717) is 35.4 Å². The fourth-order valence-electron chi connectivity index (χ4n) is 3.16. The summed E-state index contributed by atoms with van der Waals surface area (Å²) < 4.78 is 11.5. The number of hydrogen-bond acceptors (Lipinski definition) is 3. The largest absolute Gasteiger partial charge is 0.496 e. The Balaban J connectivity index is 1.71. The van der Waals surface area contributed by atoms with Crippen LogP contribution >= 0.6 is 11.6 Å². The lowest BCUT2D eigenvalue weighted by Crippen LogP contribution is -2.23. The summed E-state index contributed by atoms with van der Waals surface area (Å²) in [6.45, 7) is 5.00. The van der Waals surface area contributed by atoms with Gasteiger partial charge in [0.1, 0.15) is 18.1 Å². The van der Waals surface area contributed by atoms with Crippen molar-refractivity contribution >= 4 is 17.5 Å². The number of halogens is 1. The molecule has 0 aromatic heterocycles. The standard InChI is InChI=1S/C25H26ClNO3/c1-17(2)22-6-4-5-7-24(22)30-16-20-14-19(10-13-23(20)29-3)25(28)27-15-18-8-11-21(26)12-9-18/h4-14,17H,15-16H2,1-3H3,(H,27,28). The van der Waals surface area contributed by atoms with Crippen molar-refractivity contribution in [2.45, 2.75) is 32.9 Å². The normalized spacial score (nSPS) is 10.7. The Bertz CT molecular complexity index is 1000. The molecule has 5 heteroatoms. The van der Waals surface area contributed by atoms with Gasteiger partial charge >= 0.3 is 0 Å². The van der Waals surface area contributed by atoms with Crippen LogP contribution in [0.5, 0.6) is 11.5 Å². The highest BCUT2D eigenvalue weighted by molar-refractivity contribution is 6.30. The van der Waals surface area contributed by atoms with Crippen LogP contribution in [0.25, 0.3) is 0 Å². The molecule has 0 unspecified atom stereocenters. The molecule has 3 aromatic carbocycles. The van der Waals surface area contributed by atoms with Crippen molar-refractivity contribution in [1.82, 2.24) is 5.32 Å². The summed E-state index contributed by atoms with van der Waals surface area (Å²) in [5, 5.41) is 3.60. The average Bonchev–Trinajstić information content (AvgIpc) is 2.77. The molecule has 0 spiro atoms. The maximum atomic E-state index is 12.6. The molecule has 3 aromatic rings. The second kappa shape index (κ2) is 10.2. The van der Waals surface area contributed by atoms with E-state index >= 15 is 0 Å². The van der Waals surface area contributed by atoms with Crippen LogP contribution in [0.3, 0.4) is 0 Å². The highest BCUT2D eigenvalue weighted by atomic mass is 35.5. The van der Waals surface area contributed by atoms with E-state index in [1.54, 1.807) is 31.4 Å². The molecule has 0 aliphatic carbocycles. The van der Waals surface area contributed by atoms with Crippen molar-refractivity contribution in [3.63, 3.8) is 0 Å². The van der Waals surface area contributed by atoms with Gasteiger partial charge in [0.2, 0.25) is 0 Å². The van der Waals surface area contributed by atoms with Crippen LogP contribution < -0.4 is 14.8 Å². The molecule has 0 aliphatic rings. The Morgan fingerprint density at radius 2 is 1.73 bits per heavy atom. The molecular weight excluding hydrogens is 398 g/mol. The Morgan fingerprint density at radius 1 is 1.00 bits per heavy atom. The van der Waals surface area contributed by atoms with Crippen molar-refractivity contribution in [3.8, 4) is 11.5 Å². The van der Waals surface area contributed by atoms with Gasteiger partial charge in [-0.2, -0.15) is 0 Å². The molecular formula is C25H26ClNO3. The molecule has 1 N–H and O–H groups in total. The summed E-state index contributed by atoms with van der Waals surface area (Å²) in [7, 11) is 1.61. The van der Waals surface area contributed by atoms with Gasteiger partial charge < -0.3 is 14.8 Å². The van der Waals surface area contributed by atoms with Crippen molar-refractivity contribution in [3.05, 3.63) is 94.0 Å². The first-order valence-electron chi connectivity index (χ1n) is 9.89. The zero-order valence-corrected chi connectivity index (χ0v) is 18.2. The quantitative estimate of drug-likeness (QED) is 0.484. The molecule has 156 valence electrons. The van der Waals surface area contributed by atoms with Gasteiger partial charge in [-0.1, -0.05) is 55.8 Å². The van der Waals surface area contributed by atoms with E-state index in [9.17, 15) is 4.79 Å². The lowest BCUT2D eigenvalue weighted by atomic mass is 10.0. The number of ether oxygens (including phenoxy) is 2. The summed E-state index contributed by atoms with van der Waals surface area (Å²) in [5.41, 5.74) is 3.50. The van der Waals surface area contributed by atoms with Crippen LogP contribution in [0.4, 0.5) is 0 Å². The van der Waals surface area contributed by atoms with Gasteiger partial charge in [0.05, 0.1) is 7.11 Å². The number of amides is 1. The number of nitrogens with one attached hydrogen (secondary N) is 1. The van der Waals surface area contributed by atoms with E-state index < -0.39 is 0 Å². The number of methoxy groups -OCH3 is 1. The van der Waals surface area contributed by atoms with E-state index in [-0.39, 0.29) is 5.91 Å². The first-order valence-corrected chi connectivity index (χ1v) is 10.3. The zero-order valence-electron chi connectivity index (χ0n) is 17.4. The maximum Gasteiger partial charge on any atom is 0.251 e. The fraction of sp³-hybridized carbons (Fsp3) is 0.240.